The Kier molecular flexibility index (Phi) is 3.16. The van der Waals surface area contributed by atoms with E-state index in [0.29, 0.717) is 6.54 Å². The average Bonchev–Trinajstić information content (AvgIpc) is 2.67. The maximum absolute atomic E-state index is 10.9. The Morgan fingerprint density at radius 2 is 2.13 bits per heavy atom. The van der Waals surface area contributed by atoms with Gasteiger partial charge in [0.1, 0.15) is 0 Å². The summed E-state index contributed by atoms with van der Waals surface area (Å²) in [6.07, 6.45) is 1.11. The molecule has 0 bridgehead atoms. The van der Waals surface area contributed by atoms with Crippen LogP contribution in [0.15, 0.2) is 35.2 Å². The summed E-state index contributed by atoms with van der Waals surface area (Å²) in [6, 6.07) is 9.95. The molecule has 1 atom stereocenters. The van der Waals surface area contributed by atoms with E-state index in [2.05, 4.69) is 0 Å². The first kappa shape index (κ1) is 10.4. The molecule has 4 heteroatoms. The van der Waals surface area contributed by atoms with Crippen molar-refractivity contribution >= 4 is 17.9 Å². The third-order valence-electron chi connectivity index (χ3n) is 2.46. The molecule has 0 radical (unpaired) electrons. The van der Waals surface area contributed by atoms with Crippen LogP contribution in [0.4, 0.5) is 4.79 Å². The van der Waals surface area contributed by atoms with E-state index in [1.807, 2.05) is 30.3 Å². The maximum atomic E-state index is 10.9. The van der Waals surface area contributed by atoms with Gasteiger partial charge in [-0.25, -0.2) is 4.79 Å². The van der Waals surface area contributed by atoms with E-state index >= 15 is 0 Å². The number of benzene rings is 1. The first-order chi connectivity index (χ1) is 7.27. The van der Waals surface area contributed by atoms with Crippen LogP contribution in [0.25, 0.3) is 0 Å². The van der Waals surface area contributed by atoms with E-state index in [-0.39, 0.29) is 5.37 Å². The third-order valence-corrected chi connectivity index (χ3v) is 3.77. The van der Waals surface area contributed by atoms with Crippen LogP contribution in [0.5, 0.6) is 0 Å². The number of carboxylic acid groups (broad SMARTS) is 1. The molecule has 1 aliphatic heterocycles. The number of carbonyl (C=O) groups is 1. The second-order valence-corrected chi connectivity index (χ2v) is 4.76. The molecule has 0 saturated carbocycles. The molecule has 1 heterocycles. The Labute approximate surface area is 93.1 Å². The van der Waals surface area contributed by atoms with Gasteiger partial charge >= 0.3 is 6.09 Å². The second-order valence-electron chi connectivity index (χ2n) is 3.50. The van der Waals surface area contributed by atoms with Crippen molar-refractivity contribution in [2.45, 2.75) is 23.1 Å². The van der Waals surface area contributed by atoms with Gasteiger partial charge in [0.2, 0.25) is 0 Å². The molecule has 0 aromatic heterocycles. The van der Waals surface area contributed by atoms with Crippen LogP contribution < -0.4 is 0 Å². The summed E-state index contributed by atoms with van der Waals surface area (Å²) in [5.74, 6) is 0. The monoisotopic (exact) mass is 223 g/mol. The van der Waals surface area contributed by atoms with Crippen molar-refractivity contribution in [3.8, 4) is 0 Å². The third kappa shape index (κ3) is 2.45. The number of likely N-dealkylation sites (tertiary alicyclic amines) is 1. The van der Waals surface area contributed by atoms with E-state index in [1.165, 1.54) is 4.90 Å². The molecule has 0 spiro atoms. The molecule has 1 aromatic rings. The van der Waals surface area contributed by atoms with Crippen LogP contribution in [0.1, 0.15) is 12.8 Å². The van der Waals surface area contributed by atoms with Gasteiger partial charge in [0.25, 0.3) is 0 Å². The van der Waals surface area contributed by atoms with Crippen molar-refractivity contribution < 1.29 is 9.90 Å². The van der Waals surface area contributed by atoms with Crippen LogP contribution in [-0.2, 0) is 0 Å². The van der Waals surface area contributed by atoms with E-state index in [0.717, 1.165) is 17.7 Å². The van der Waals surface area contributed by atoms with Crippen LogP contribution >= 0.6 is 11.8 Å². The lowest BCUT2D eigenvalue weighted by Gasteiger charge is -2.20. The van der Waals surface area contributed by atoms with Gasteiger partial charge in [0.15, 0.2) is 0 Å². The fourth-order valence-electron chi connectivity index (χ4n) is 1.73. The van der Waals surface area contributed by atoms with E-state index in [9.17, 15) is 4.79 Å². The summed E-state index contributed by atoms with van der Waals surface area (Å²) in [4.78, 5) is 13.6. The maximum Gasteiger partial charge on any atom is 0.408 e. The molecule has 80 valence electrons. The molecule has 2 rings (SSSR count). The zero-order chi connectivity index (χ0) is 10.7. The largest absolute Gasteiger partial charge is 0.465 e. The molecule has 1 aliphatic rings. The molecule has 1 amide bonds. The van der Waals surface area contributed by atoms with Gasteiger partial charge in [-0.3, -0.25) is 4.90 Å². The van der Waals surface area contributed by atoms with Crippen LogP contribution in [0.3, 0.4) is 0 Å². The average molecular weight is 223 g/mol. The van der Waals surface area contributed by atoms with E-state index < -0.39 is 6.09 Å². The van der Waals surface area contributed by atoms with E-state index in [4.69, 9.17) is 5.11 Å². The minimum Gasteiger partial charge on any atom is -0.465 e. The number of amides is 1. The standard InChI is InChI=1S/C11H13NO2S/c13-11(14)12-8-4-7-10(12)15-9-5-2-1-3-6-9/h1-3,5-6,10H,4,7-8H2,(H,13,14). The first-order valence-corrected chi connectivity index (χ1v) is 5.86. The van der Waals surface area contributed by atoms with Gasteiger partial charge in [-0.05, 0) is 25.0 Å². The van der Waals surface area contributed by atoms with Gasteiger partial charge in [0, 0.05) is 11.4 Å². The molecule has 0 aliphatic carbocycles. The smallest absolute Gasteiger partial charge is 0.408 e. The molecule has 1 N–H and O–H groups in total. The topological polar surface area (TPSA) is 40.5 Å². The predicted octanol–water partition coefficient (Wildman–Crippen LogP) is 2.88. The van der Waals surface area contributed by atoms with Crippen molar-refractivity contribution in [1.29, 1.82) is 0 Å². The lowest BCUT2D eigenvalue weighted by Crippen LogP contribution is -2.31. The minimum atomic E-state index is -0.805. The number of hydrogen-bond acceptors (Lipinski definition) is 2. The highest BCUT2D eigenvalue weighted by molar-refractivity contribution is 7.99. The number of hydrogen-bond donors (Lipinski definition) is 1. The zero-order valence-electron chi connectivity index (χ0n) is 8.30. The summed E-state index contributed by atoms with van der Waals surface area (Å²) in [5.41, 5.74) is 0. The summed E-state index contributed by atoms with van der Waals surface area (Å²) >= 11 is 1.63. The number of rotatable bonds is 2. The molecular weight excluding hydrogens is 210 g/mol. The lowest BCUT2D eigenvalue weighted by atomic mass is 10.4. The van der Waals surface area contributed by atoms with Gasteiger partial charge < -0.3 is 5.11 Å². The molecule has 1 fully saturated rings. The molecule has 3 nitrogen and oxygen atoms in total. The fourth-order valence-corrected chi connectivity index (χ4v) is 2.97. The normalized spacial score (nSPS) is 20.5. The highest BCUT2D eigenvalue weighted by Gasteiger charge is 2.28. The SMILES string of the molecule is O=C(O)N1CCCC1Sc1ccccc1. The van der Waals surface area contributed by atoms with Crippen molar-refractivity contribution in [2.24, 2.45) is 0 Å². The molecule has 1 unspecified atom stereocenters. The molecule has 1 aromatic carbocycles. The lowest BCUT2D eigenvalue weighted by molar-refractivity contribution is 0.152. The zero-order valence-corrected chi connectivity index (χ0v) is 9.11. The predicted molar refractivity (Wildman–Crippen MR) is 60.1 cm³/mol. The van der Waals surface area contributed by atoms with Crippen LogP contribution in [-0.4, -0.2) is 28.0 Å². The summed E-state index contributed by atoms with van der Waals surface area (Å²) in [6.45, 7) is 0.667. The quantitative estimate of drug-likeness (QED) is 0.838. The summed E-state index contributed by atoms with van der Waals surface area (Å²) in [7, 11) is 0. The van der Waals surface area contributed by atoms with Crippen LogP contribution in [0, 0.1) is 0 Å². The molecule has 15 heavy (non-hydrogen) atoms. The minimum absolute atomic E-state index is 0.0879. The van der Waals surface area contributed by atoms with Crippen LogP contribution in [0.2, 0.25) is 0 Å². The highest BCUT2D eigenvalue weighted by Crippen LogP contribution is 2.32. The van der Waals surface area contributed by atoms with Crippen molar-refractivity contribution in [3.05, 3.63) is 30.3 Å². The highest BCUT2D eigenvalue weighted by atomic mass is 32.2. The summed E-state index contributed by atoms with van der Waals surface area (Å²) in [5, 5.41) is 9.06. The summed E-state index contributed by atoms with van der Waals surface area (Å²) < 4.78 is 0. The molecular formula is C11H13NO2S. The molecule has 1 saturated heterocycles. The second kappa shape index (κ2) is 4.57. The Hall–Kier alpha value is -1.16. The number of thioether (sulfide) groups is 1. The van der Waals surface area contributed by atoms with E-state index in [1.54, 1.807) is 11.8 Å². The Balaban J connectivity index is 2.03. The Morgan fingerprint density at radius 1 is 1.40 bits per heavy atom. The van der Waals surface area contributed by atoms with Gasteiger partial charge in [-0.2, -0.15) is 0 Å². The Morgan fingerprint density at radius 3 is 2.80 bits per heavy atom. The van der Waals surface area contributed by atoms with Crippen molar-refractivity contribution in [2.75, 3.05) is 6.54 Å². The van der Waals surface area contributed by atoms with Gasteiger partial charge in [-0.1, -0.05) is 18.2 Å². The van der Waals surface area contributed by atoms with Crippen molar-refractivity contribution in [1.82, 2.24) is 4.90 Å². The Bertz CT molecular complexity index is 342. The van der Waals surface area contributed by atoms with Gasteiger partial charge in [0.05, 0.1) is 5.37 Å². The van der Waals surface area contributed by atoms with Crippen molar-refractivity contribution in [3.63, 3.8) is 0 Å². The van der Waals surface area contributed by atoms with Gasteiger partial charge in [-0.15, -0.1) is 11.8 Å². The number of nitrogens with zero attached hydrogens (tertiary/aromatic N) is 1. The fraction of sp³-hybridized carbons (Fsp3) is 0.364. The first-order valence-electron chi connectivity index (χ1n) is 4.98.